The van der Waals surface area contributed by atoms with Crippen molar-refractivity contribution in [1.29, 1.82) is 0 Å². The van der Waals surface area contributed by atoms with E-state index in [1.165, 1.54) is 0 Å². The molecule has 0 spiro atoms. The number of para-hydroxylation sites is 1. The number of benzene rings is 3. The molecule has 0 atom stereocenters. The van der Waals surface area contributed by atoms with Crippen LogP contribution in [0.1, 0.15) is 19.4 Å². The van der Waals surface area contributed by atoms with E-state index < -0.39 is 0 Å². The molecule has 0 aliphatic heterocycles. The number of carbonyl (C=O) groups is 2. The van der Waals surface area contributed by atoms with E-state index in [2.05, 4.69) is 10.6 Å². The van der Waals surface area contributed by atoms with Crippen LogP contribution in [0.2, 0.25) is 0 Å². The number of amides is 3. The molecule has 32 heavy (non-hydrogen) atoms. The van der Waals surface area contributed by atoms with Crippen LogP contribution < -0.4 is 20.3 Å². The molecule has 0 heterocycles. The van der Waals surface area contributed by atoms with Crippen LogP contribution in [0.15, 0.2) is 78.9 Å². The third-order valence-corrected chi connectivity index (χ3v) is 4.83. The third kappa shape index (κ3) is 6.60. The molecule has 0 aromatic heterocycles. The lowest BCUT2D eigenvalue weighted by molar-refractivity contribution is -0.123. The minimum atomic E-state index is -0.274. The summed E-state index contributed by atoms with van der Waals surface area (Å²) in [6.45, 7) is 6.34. The topological polar surface area (TPSA) is 70.7 Å². The Kier molecular flexibility index (Phi) is 7.86. The third-order valence-electron chi connectivity index (χ3n) is 4.83. The summed E-state index contributed by atoms with van der Waals surface area (Å²) in [6, 6.07) is 24.2. The summed E-state index contributed by atoms with van der Waals surface area (Å²) in [7, 11) is 0. The quantitative estimate of drug-likeness (QED) is 0.488. The summed E-state index contributed by atoms with van der Waals surface area (Å²) in [6.07, 6.45) is 0. The SMILES string of the molecule is Cc1ccc(NC(=O)N(CCNC(=O)C(C)C)c2ccc(Oc3ccccc3)cc2)cc1. The zero-order valence-electron chi connectivity index (χ0n) is 18.7. The molecule has 0 aliphatic carbocycles. The van der Waals surface area contributed by atoms with Crippen LogP contribution in [0.4, 0.5) is 16.2 Å². The van der Waals surface area contributed by atoms with Gasteiger partial charge in [-0.1, -0.05) is 49.7 Å². The molecule has 3 rings (SSSR count). The number of nitrogens with zero attached hydrogens (tertiary/aromatic N) is 1. The Morgan fingerprint density at radius 1 is 0.875 bits per heavy atom. The van der Waals surface area contributed by atoms with Gasteiger partial charge in [0.15, 0.2) is 0 Å². The molecule has 3 aromatic carbocycles. The number of anilines is 2. The van der Waals surface area contributed by atoms with Crippen molar-refractivity contribution in [2.75, 3.05) is 23.3 Å². The summed E-state index contributed by atoms with van der Waals surface area (Å²) >= 11 is 0. The van der Waals surface area contributed by atoms with Crippen molar-refractivity contribution >= 4 is 23.3 Å². The molecule has 3 amide bonds. The van der Waals surface area contributed by atoms with Gasteiger partial charge in [0.25, 0.3) is 0 Å². The fourth-order valence-electron chi connectivity index (χ4n) is 2.99. The van der Waals surface area contributed by atoms with E-state index in [-0.39, 0.29) is 17.9 Å². The minimum absolute atomic E-state index is 0.0458. The van der Waals surface area contributed by atoms with Crippen LogP contribution in [0, 0.1) is 12.8 Å². The highest BCUT2D eigenvalue weighted by atomic mass is 16.5. The second kappa shape index (κ2) is 11.0. The number of nitrogens with one attached hydrogen (secondary N) is 2. The van der Waals surface area contributed by atoms with Gasteiger partial charge in [-0.25, -0.2) is 4.79 Å². The van der Waals surface area contributed by atoms with E-state index in [9.17, 15) is 9.59 Å². The van der Waals surface area contributed by atoms with Gasteiger partial charge in [0.1, 0.15) is 11.5 Å². The molecule has 166 valence electrons. The molecule has 0 radical (unpaired) electrons. The van der Waals surface area contributed by atoms with Crippen molar-refractivity contribution < 1.29 is 14.3 Å². The average Bonchev–Trinajstić information content (AvgIpc) is 2.79. The lowest BCUT2D eigenvalue weighted by Crippen LogP contribution is -2.41. The summed E-state index contributed by atoms with van der Waals surface area (Å²) in [5.74, 6) is 1.26. The molecule has 0 saturated heterocycles. The van der Waals surface area contributed by atoms with Gasteiger partial charge >= 0.3 is 6.03 Å². The molecule has 0 aliphatic rings. The molecule has 0 fully saturated rings. The van der Waals surface area contributed by atoms with Crippen molar-refractivity contribution in [3.8, 4) is 11.5 Å². The Hall–Kier alpha value is -3.80. The second-order valence-corrected chi connectivity index (χ2v) is 7.80. The van der Waals surface area contributed by atoms with Crippen LogP contribution in [0.3, 0.4) is 0 Å². The molecule has 0 unspecified atom stereocenters. The maximum Gasteiger partial charge on any atom is 0.326 e. The van der Waals surface area contributed by atoms with Crippen molar-refractivity contribution in [2.24, 2.45) is 5.92 Å². The normalized spacial score (nSPS) is 10.5. The van der Waals surface area contributed by atoms with Crippen molar-refractivity contribution in [2.45, 2.75) is 20.8 Å². The van der Waals surface area contributed by atoms with Gasteiger partial charge < -0.3 is 15.4 Å². The molecule has 2 N–H and O–H groups in total. The van der Waals surface area contributed by atoms with E-state index in [0.29, 0.717) is 30.2 Å². The van der Waals surface area contributed by atoms with Crippen molar-refractivity contribution in [3.05, 3.63) is 84.4 Å². The maximum absolute atomic E-state index is 13.1. The standard InChI is InChI=1S/C26H29N3O3/c1-19(2)25(30)27-17-18-29(26(31)28-21-11-9-20(3)10-12-21)22-13-15-24(16-14-22)32-23-7-5-4-6-8-23/h4-16,19H,17-18H2,1-3H3,(H,27,30)(H,28,31). The number of ether oxygens (including phenoxy) is 1. The van der Waals surface area contributed by atoms with E-state index in [1.54, 1.807) is 4.90 Å². The highest BCUT2D eigenvalue weighted by Gasteiger charge is 2.17. The molecule has 6 heteroatoms. The monoisotopic (exact) mass is 431 g/mol. The van der Waals surface area contributed by atoms with Gasteiger partial charge in [-0.3, -0.25) is 9.69 Å². The first-order chi connectivity index (χ1) is 15.4. The Morgan fingerprint density at radius 3 is 2.12 bits per heavy atom. The number of carbonyl (C=O) groups excluding carboxylic acids is 2. The molecule has 6 nitrogen and oxygen atoms in total. The summed E-state index contributed by atoms with van der Waals surface area (Å²) in [5.41, 5.74) is 2.53. The van der Waals surface area contributed by atoms with Gasteiger partial charge in [0, 0.05) is 30.4 Å². The van der Waals surface area contributed by atoms with Gasteiger partial charge in [-0.2, -0.15) is 0 Å². The lowest BCUT2D eigenvalue weighted by Gasteiger charge is -2.24. The maximum atomic E-state index is 13.1. The van der Waals surface area contributed by atoms with Gasteiger partial charge in [-0.15, -0.1) is 0 Å². The van der Waals surface area contributed by atoms with Crippen LogP contribution >= 0.6 is 0 Å². The zero-order chi connectivity index (χ0) is 22.9. The fraction of sp³-hybridized carbons (Fsp3) is 0.231. The number of urea groups is 1. The minimum Gasteiger partial charge on any atom is -0.457 e. The summed E-state index contributed by atoms with van der Waals surface area (Å²) in [5, 5.41) is 5.79. The first-order valence-electron chi connectivity index (χ1n) is 10.7. The van der Waals surface area contributed by atoms with Crippen molar-refractivity contribution in [1.82, 2.24) is 5.32 Å². The molecular weight excluding hydrogens is 402 g/mol. The number of aryl methyl sites for hydroxylation is 1. The highest BCUT2D eigenvalue weighted by molar-refractivity contribution is 6.01. The zero-order valence-corrected chi connectivity index (χ0v) is 18.7. The Labute approximate surface area is 189 Å². The van der Waals surface area contributed by atoms with Gasteiger partial charge in [0.05, 0.1) is 0 Å². The van der Waals surface area contributed by atoms with Crippen LogP contribution in [0.5, 0.6) is 11.5 Å². The summed E-state index contributed by atoms with van der Waals surface area (Å²) in [4.78, 5) is 26.6. The van der Waals surface area contributed by atoms with Crippen LogP contribution in [-0.4, -0.2) is 25.0 Å². The Bertz CT molecular complexity index is 1020. The number of hydrogen-bond donors (Lipinski definition) is 2. The fourth-order valence-corrected chi connectivity index (χ4v) is 2.99. The lowest BCUT2D eigenvalue weighted by atomic mass is 10.2. The largest absolute Gasteiger partial charge is 0.457 e. The number of rotatable bonds is 8. The Balaban J connectivity index is 1.73. The first kappa shape index (κ1) is 22.9. The first-order valence-corrected chi connectivity index (χ1v) is 10.7. The highest BCUT2D eigenvalue weighted by Crippen LogP contribution is 2.25. The van der Waals surface area contributed by atoms with E-state index in [1.807, 2.05) is 99.6 Å². The van der Waals surface area contributed by atoms with Gasteiger partial charge in [-0.05, 0) is 55.5 Å². The summed E-state index contributed by atoms with van der Waals surface area (Å²) < 4.78 is 5.84. The van der Waals surface area contributed by atoms with Crippen LogP contribution in [-0.2, 0) is 4.79 Å². The smallest absolute Gasteiger partial charge is 0.326 e. The average molecular weight is 432 g/mol. The molecular formula is C26H29N3O3. The predicted octanol–water partition coefficient (Wildman–Crippen LogP) is 5.60. The Morgan fingerprint density at radius 2 is 1.50 bits per heavy atom. The van der Waals surface area contributed by atoms with Crippen LogP contribution in [0.25, 0.3) is 0 Å². The van der Waals surface area contributed by atoms with E-state index >= 15 is 0 Å². The number of hydrogen-bond acceptors (Lipinski definition) is 3. The molecule has 0 saturated carbocycles. The van der Waals surface area contributed by atoms with E-state index in [0.717, 1.165) is 11.3 Å². The predicted molar refractivity (Wildman–Crippen MR) is 128 cm³/mol. The van der Waals surface area contributed by atoms with E-state index in [4.69, 9.17) is 4.74 Å². The second-order valence-electron chi connectivity index (χ2n) is 7.80. The van der Waals surface area contributed by atoms with Crippen molar-refractivity contribution in [3.63, 3.8) is 0 Å². The molecule has 3 aromatic rings. The molecule has 0 bridgehead atoms. The van der Waals surface area contributed by atoms with Gasteiger partial charge in [0.2, 0.25) is 5.91 Å².